The number of carbonyl (C=O) groups excluding carboxylic acids is 2. The molecule has 0 aromatic carbocycles. The van der Waals surface area contributed by atoms with Crippen molar-refractivity contribution in [2.75, 3.05) is 18.4 Å². The van der Waals surface area contributed by atoms with Gasteiger partial charge in [0.2, 0.25) is 5.95 Å². The maximum absolute atomic E-state index is 13.3. The second-order valence-electron chi connectivity index (χ2n) is 9.99. The van der Waals surface area contributed by atoms with Gasteiger partial charge in [-0.3, -0.25) is 14.6 Å². The predicted molar refractivity (Wildman–Crippen MR) is 129 cm³/mol. The number of nitrogens with one attached hydrogen (secondary N) is 1. The first-order valence-electron chi connectivity index (χ1n) is 11.2. The number of aryl methyl sites for hydroxylation is 1. The number of aromatic nitrogens is 4. The minimum atomic E-state index is -0.136. The Kier molecular flexibility index (Phi) is 6.43. The van der Waals surface area contributed by atoms with Gasteiger partial charge in [-0.2, -0.15) is 4.98 Å². The van der Waals surface area contributed by atoms with Gasteiger partial charge in [0, 0.05) is 44.2 Å². The molecule has 1 aliphatic rings. The number of pyridine rings is 1. The summed E-state index contributed by atoms with van der Waals surface area (Å²) in [6.45, 7) is 11.2. The van der Waals surface area contributed by atoms with Crippen LogP contribution in [0.1, 0.15) is 67.6 Å². The molecule has 1 saturated heterocycles. The highest BCUT2D eigenvalue weighted by Crippen LogP contribution is 2.30. The van der Waals surface area contributed by atoms with Crippen molar-refractivity contribution < 1.29 is 9.59 Å². The first-order valence-corrected chi connectivity index (χ1v) is 12.0. The number of fused-ring (bicyclic) bond motifs is 1. The van der Waals surface area contributed by atoms with Gasteiger partial charge in [-0.15, -0.1) is 11.3 Å². The molecule has 0 spiro atoms. The number of anilines is 1. The van der Waals surface area contributed by atoms with E-state index in [1.54, 1.807) is 17.3 Å². The molecule has 3 aromatic heterocycles. The lowest BCUT2D eigenvalue weighted by atomic mass is 9.85. The number of amides is 1. The smallest absolute Gasteiger partial charge is 0.274 e. The summed E-state index contributed by atoms with van der Waals surface area (Å²) in [6.07, 6.45) is 4.60. The standard InChI is InChI=1S/C24H30N6O2S/c1-14(17-7-6-8-25-11-17)26-23-28-19(20-21(29-23)27-15(2)33-20)22(32)30-12-16(13-30)9-18(31)10-24(3,4)5/h6-8,11,14,16H,9-10,12-13H2,1-5H3,(H,26,28,29). The molecule has 9 heteroatoms. The molecule has 4 rings (SSSR count). The lowest BCUT2D eigenvalue weighted by molar-refractivity contribution is -0.122. The summed E-state index contributed by atoms with van der Waals surface area (Å²) in [6, 6.07) is 3.77. The molecule has 0 radical (unpaired) electrons. The van der Waals surface area contributed by atoms with E-state index in [4.69, 9.17) is 0 Å². The van der Waals surface area contributed by atoms with Crippen molar-refractivity contribution in [1.82, 2.24) is 24.8 Å². The first-order chi connectivity index (χ1) is 15.6. The molecule has 1 N–H and O–H groups in total. The molecule has 33 heavy (non-hydrogen) atoms. The molecule has 0 aliphatic carbocycles. The minimum absolute atomic E-state index is 0.0106. The Bertz CT molecular complexity index is 1160. The normalized spacial score (nSPS) is 15.4. The second kappa shape index (κ2) is 9.13. The van der Waals surface area contributed by atoms with E-state index in [2.05, 4.69) is 46.0 Å². The number of hydrogen-bond acceptors (Lipinski definition) is 8. The first kappa shape index (κ1) is 23.2. The van der Waals surface area contributed by atoms with Gasteiger partial charge in [0.25, 0.3) is 5.91 Å². The third-order valence-electron chi connectivity index (χ3n) is 5.58. The molecule has 1 atom stereocenters. The zero-order valence-electron chi connectivity index (χ0n) is 19.8. The van der Waals surface area contributed by atoms with Gasteiger partial charge in [-0.1, -0.05) is 26.8 Å². The van der Waals surface area contributed by atoms with E-state index >= 15 is 0 Å². The summed E-state index contributed by atoms with van der Waals surface area (Å²) in [4.78, 5) is 45.2. The van der Waals surface area contributed by atoms with Crippen molar-refractivity contribution in [2.45, 2.75) is 53.5 Å². The summed E-state index contributed by atoms with van der Waals surface area (Å²) < 4.78 is 0.698. The highest BCUT2D eigenvalue weighted by Gasteiger charge is 2.35. The average molecular weight is 467 g/mol. The topological polar surface area (TPSA) is 101 Å². The Labute approximate surface area is 197 Å². The molecule has 0 bridgehead atoms. The van der Waals surface area contributed by atoms with Gasteiger partial charge in [0.1, 0.15) is 10.5 Å². The largest absolute Gasteiger partial charge is 0.348 e. The van der Waals surface area contributed by atoms with Gasteiger partial charge < -0.3 is 10.2 Å². The van der Waals surface area contributed by atoms with Crippen LogP contribution in [0, 0.1) is 18.3 Å². The Balaban J connectivity index is 1.49. The molecule has 1 aliphatic heterocycles. The number of thiazole rings is 1. The van der Waals surface area contributed by atoms with E-state index in [1.807, 2.05) is 26.0 Å². The maximum atomic E-state index is 13.3. The third-order valence-corrected chi connectivity index (χ3v) is 6.55. The molecule has 3 aromatic rings. The fourth-order valence-corrected chi connectivity index (χ4v) is 4.89. The predicted octanol–water partition coefficient (Wildman–Crippen LogP) is 4.43. The Hall–Kier alpha value is -2.94. The molecular formula is C24H30N6O2S. The summed E-state index contributed by atoms with van der Waals surface area (Å²) >= 11 is 1.43. The van der Waals surface area contributed by atoms with Crippen LogP contribution in [0.25, 0.3) is 10.3 Å². The van der Waals surface area contributed by atoms with Crippen LogP contribution in [0.15, 0.2) is 24.5 Å². The molecule has 1 amide bonds. The summed E-state index contributed by atoms with van der Waals surface area (Å²) in [5, 5.41) is 4.11. The van der Waals surface area contributed by atoms with Crippen LogP contribution in [0.3, 0.4) is 0 Å². The van der Waals surface area contributed by atoms with Crippen LogP contribution in [-0.2, 0) is 4.79 Å². The number of hydrogen-bond donors (Lipinski definition) is 1. The van der Waals surface area contributed by atoms with Crippen molar-refractivity contribution >= 4 is 39.3 Å². The number of nitrogens with zero attached hydrogens (tertiary/aromatic N) is 5. The summed E-state index contributed by atoms with van der Waals surface area (Å²) in [5.74, 6) is 0.707. The van der Waals surface area contributed by atoms with Crippen LogP contribution >= 0.6 is 11.3 Å². The van der Waals surface area contributed by atoms with Gasteiger partial charge in [0.05, 0.1) is 11.0 Å². The van der Waals surface area contributed by atoms with Gasteiger partial charge in [-0.25, -0.2) is 9.97 Å². The SMILES string of the molecule is Cc1nc2nc(NC(C)c3cccnc3)nc(C(=O)N3CC(CC(=O)CC(C)(C)C)C3)c2s1. The van der Waals surface area contributed by atoms with E-state index in [0.29, 0.717) is 47.9 Å². The monoisotopic (exact) mass is 466 g/mol. The van der Waals surface area contributed by atoms with Crippen LogP contribution < -0.4 is 5.32 Å². The van der Waals surface area contributed by atoms with Crippen molar-refractivity contribution in [3.05, 3.63) is 40.8 Å². The quantitative estimate of drug-likeness (QED) is 0.550. The maximum Gasteiger partial charge on any atom is 0.274 e. The summed E-state index contributed by atoms with van der Waals surface area (Å²) in [7, 11) is 0. The lowest BCUT2D eigenvalue weighted by Crippen LogP contribution is -2.50. The number of carbonyl (C=O) groups is 2. The Morgan fingerprint density at radius 2 is 2.00 bits per heavy atom. The number of Topliss-reactive ketones (excluding diaryl/α,β-unsaturated/α-hetero) is 1. The number of rotatable bonds is 7. The van der Waals surface area contributed by atoms with E-state index in [1.165, 1.54) is 11.3 Å². The van der Waals surface area contributed by atoms with E-state index in [-0.39, 0.29) is 29.1 Å². The van der Waals surface area contributed by atoms with E-state index in [0.717, 1.165) is 10.6 Å². The molecule has 0 saturated carbocycles. The lowest BCUT2D eigenvalue weighted by Gasteiger charge is -2.39. The molecule has 174 valence electrons. The zero-order valence-corrected chi connectivity index (χ0v) is 20.6. The Morgan fingerprint density at radius 3 is 2.67 bits per heavy atom. The highest BCUT2D eigenvalue weighted by atomic mass is 32.1. The van der Waals surface area contributed by atoms with Crippen LogP contribution in [-0.4, -0.2) is 49.6 Å². The third kappa shape index (κ3) is 5.52. The number of likely N-dealkylation sites (tertiary alicyclic amines) is 1. The molecule has 4 heterocycles. The number of ketones is 1. The van der Waals surface area contributed by atoms with Crippen LogP contribution in [0.2, 0.25) is 0 Å². The Morgan fingerprint density at radius 1 is 1.24 bits per heavy atom. The van der Waals surface area contributed by atoms with Crippen molar-refractivity contribution in [3.63, 3.8) is 0 Å². The second-order valence-corrected chi connectivity index (χ2v) is 11.2. The fourth-order valence-electron chi connectivity index (χ4n) is 4.05. The fraction of sp³-hybridized carbons (Fsp3) is 0.500. The summed E-state index contributed by atoms with van der Waals surface area (Å²) in [5.41, 5.74) is 1.87. The molecule has 1 fully saturated rings. The van der Waals surface area contributed by atoms with Gasteiger partial charge in [0.15, 0.2) is 11.3 Å². The van der Waals surface area contributed by atoms with Crippen molar-refractivity contribution in [2.24, 2.45) is 11.3 Å². The van der Waals surface area contributed by atoms with Gasteiger partial charge in [-0.05, 0) is 30.9 Å². The molecular weight excluding hydrogens is 436 g/mol. The van der Waals surface area contributed by atoms with E-state index < -0.39 is 0 Å². The van der Waals surface area contributed by atoms with E-state index in [9.17, 15) is 9.59 Å². The van der Waals surface area contributed by atoms with Gasteiger partial charge >= 0.3 is 0 Å². The van der Waals surface area contributed by atoms with Crippen LogP contribution in [0.5, 0.6) is 0 Å². The molecule has 8 nitrogen and oxygen atoms in total. The van der Waals surface area contributed by atoms with Crippen molar-refractivity contribution in [3.8, 4) is 0 Å². The van der Waals surface area contributed by atoms with Crippen LogP contribution in [0.4, 0.5) is 5.95 Å². The minimum Gasteiger partial charge on any atom is -0.348 e. The molecule has 1 unspecified atom stereocenters. The highest BCUT2D eigenvalue weighted by molar-refractivity contribution is 7.18. The average Bonchev–Trinajstić information content (AvgIpc) is 3.08. The van der Waals surface area contributed by atoms with Crippen molar-refractivity contribution in [1.29, 1.82) is 0 Å². The zero-order chi connectivity index (χ0) is 23.8.